The molecule has 2 amide bonds. The maximum absolute atomic E-state index is 14.0. The van der Waals surface area contributed by atoms with Gasteiger partial charge < -0.3 is 15.0 Å². The van der Waals surface area contributed by atoms with Gasteiger partial charge in [0.15, 0.2) is 0 Å². The minimum Gasteiger partial charge on any atom is -0.497 e. The van der Waals surface area contributed by atoms with E-state index in [1.54, 1.807) is 69.5 Å². The van der Waals surface area contributed by atoms with Crippen LogP contribution in [0.15, 0.2) is 77.7 Å². The summed E-state index contributed by atoms with van der Waals surface area (Å²) in [6.45, 7) is 10.5. The summed E-state index contributed by atoms with van der Waals surface area (Å²) in [5.74, 6) is -0.244. The molecule has 0 aliphatic rings. The Balaban J connectivity index is 2.06. The molecule has 1 atom stereocenters. The number of benzene rings is 3. The Labute approximate surface area is 238 Å². The summed E-state index contributed by atoms with van der Waals surface area (Å²) in [5.41, 5.74) is 2.24. The van der Waals surface area contributed by atoms with E-state index < -0.39 is 34.1 Å². The van der Waals surface area contributed by atoms with Gasteiger partial charge in [0.1, 0.15) is 18.3 Å². The number of methoxy groups -OCH3 is 1. The molecule has 0 fully saturated rings. The molecule has 0 heterocycles. The second-order valence-electron chi connectivity index (χ2n) is 10.9. The van der Waals surface area contributed by atoms with Gasteiger partial charge in [-0.2, -0.15) is 0 Å². The third-order valence-corrected chi connectivity index (χ3v) is 8.20. The third kappa shape index (κ3) is 7.63. The third-order valence-electron chi connectivity index (χ3n) is 6.42. The van der Waals surface area contributed by atoms with Gasteiger partial charge >= 0.3 is 0 Å². The van der Waals surface area contributed by atoms with Crippen LogP contribution in [-0.4, -0.2) is 50.4 Å². The van der Waals surface area contributed by atoms with Gasteiger partial charge in [-0.1, -0.05) is 48.0 Å². The highest BCUT2D eigenvalue weighted by Gasteiger charge is 2.33. The van der Waals surface area contributed by atoms with Gasteiger partial charge in [0.2, 0.25) is 11.8 Å². The first-order valence-electron chi connectivity index (χ1n) is 13.1. The molecular weight excluding hydrogens is 526 g/mol. The van der Waals surface area contributed by atoms with Crippen LogP contribution < -0.4 is 14.4 Å². The van der Waals surface area contributed by atoms with Gasteiger partial charge in [-0.25, -0.2) is 8.42 Å². The lowest BCUT2D eigenvalue weighted by Gasteiger charge is -2.34. The molecule has 1 N–H and O–H groups in total. The number of rotatable bonds is 10. The fourth-order valence-electron chi connectivity index (χ4n) is 4.22. The normalized spacial score (nSPS) is 12.4. The van der Waals surface area contributed by atoms with E-state index in [4.69, 9.17) is 4.74 Å². The molecule has 3 aromatic rings. The number of hydrogen-bond donors (Lipinski definition) is 1. The summed E-state index contributed by atoms with van der Waals surface area (Å²) in [5, 5.41) is 2.93. The highest BCUT2D eigenvalue weighted by atomic mass is 32.2. The molecule has 214 valence electrons. The Kier molecular flexibility index (Phi) is 9.63. The second-order valence-corrected chi connectivity index (χ2v) is 12.8. The van der Waals surface area contributed by atoms with E-state index in [1.807, 2.05) is 39.8 Å². The number of hydrogen-bond acceptors (Lipinski definition) is 5. The summed E-state index contributed by atoms with van der Waals surface area (Å²) in [7, 11) is -2.56. The Morgan fingerprint density at radius 2 is 1.60 bits per heavy atom. The largest absolute Gasteiger partial charge is 0.497 e. The van der Waals surface area contributed by atoms with Crippen LogP contribution in [0, 0.1) is 13.8 Å². The Morgan fingerprint density at radius 3 is 2.20 bits per heavy atom. The van der Waals surface area contributed by atoms with Crippen molar-refractivity contribution in [3.8, 4) is 5.75 Å². The predicted octanol–water partition coefficient (Wildman–Crippen LogP) is 4.84. The van der Waals surface area contributed by atoms with Crippen LogP contribution in [0.1, 0.15) is 44.4 Å². The molecule has 8 nitrogen and oxygen atoms in total. The van der Waals surface area contributed by atoms with Crippen molar-refractivity contribution in [3.05, 3.63) is 89.5 Å². The molecule has 0 bridgehead atoms. The summed E-state index contributed by atoms with van der Waals surface area (Å²) in [6, 6.07) is 19.9. The number of ether oxygens (including phenoxy) is 1. The van der Waals surface area contributed by atoms with E-state index in [-0.39, 0.29) is 17.3 Å². The molecule has 0 spiro atoms. The number of carbonyl (C=O) groups is 2. The highest BCUT2D eigenvalue weighted by Crippen LogP contribution is 2.28. The molecule has 40 heavy (non-hydrogen) atoms. The van der Waals surface area contributed by atoms with Gasteiger partial charge in [0.25, 0.3) is 10.0 Å². The van der Waals surface area contributed by atoms with Gasteiger partial charge in [-0.3, -0.25) is 13.9 Å². The van der Waals surface area contributed by atoms with Crippen LogP contribution >= 0.6 is 0 Å². The van der Waals surface area contributed by atoms with Crippen molar-refractivity contribution in [1.82, 2.24) is 10.2 Å². The minimum atomic E-state index is -4.11. The van der Waals surface area contributed by atoms with E-state index in [0.717, 1.165) is 15.4 Å². The number of aryl methyl sites for hydroxylation is 2. The van der Waals surface area contributed by atoms with Gasteiger partial charge in [-0.15, -0.1) is 0 Å². The molecule has 9 heteroatoms. The van der Waals surface area contributed by atoms with Crippen LogP contribution in [0.5, 0.6) is 5.75 Å². The SMILES string of the molecule is COc1cccc(CN(C(=O)CN(c2ccccc2C)S(=O)(=O)c2ccc(C)cc2)C(C)C(=O)NC(C)(C)C)c1. The maximum atomic E-state index is 14.0. The Hall–Kier alpha value is -3.85. The molecular formula is C31H39N3O5S. The number of nitrogens with zero attached hydrogens (tertiary/aromatic N) is 2. The van der Waals surface area contributed by atoms with Crippen molar-refractivity contribution in [2.45, 2.75) is 64.6 Å². The average molecular weight is 566 g/mol. The fourth-order valence-corrected chi connectivity index (χ4v) is 5.70. The van der Waals surface area contributed by atoms with E-state index in [9.17, 15) is 18.0 Å². The quantitative estimate of drug-likeness (QED) is 0.380. The molecule has 0 saturated heterocycles. The van der Waals surface area contributed by atoms with Crippen LogP contribution in [0.2, 0.25) is 0 Å². The maximum Gasteiger partial charge on any atom is 0.264 e. The standard InChI is InChI=1S/C31H39N3O5S/c1-22-15-17-27(18-16-22)40(37,38)34(28-14-9-8-11-23(28)2)21-29(35)33(24(3)30(36)32-31(4,5)6)20-25-12-10-13-26(19-25)39-7/h8-19,24H,20-21H2,1-7H3,(H,32,36). The molecule has 1 unspecified atom stereocenters. The summed E-state index contributed by atoms with van der Waals surface area (Å²) in [4.78, 5) is 28.8. The van der Waals surface area contributed by atoms with Crippen LogP contribution in [0.3, 0.4) is 0 Å². The highest BCUT2D eigenvalue weighted by molar-refractivity contribution is 7.92. The molecule has 3 rings (SSSR count). The van der Waals surface area contributed by atoms with E-state index >= 15 is 0 Å². The minimum absolute atomic E-state index is 0.0759. The second kappa shape index (κ2) is 12.6. The van der Waals surface area contributed by atoms with Crippen molar-refractivity contribution >= 4 is 27.5 Å². The Bertz CT molecular complexity index is 1450. The fraction of sp³-hybridized carbons (Fsp3) is 0.355. The number of anilines is 1. The molecule has 0 saturated carbocycles. The first-order chi connectivity index (χ1) is 18.7. The van der Waals surface area contributed by atoms with Crippen LogP contribution in [0.25, 0.3) is 0 Å². The van der Waals surface area contributed by atoms with Crippen molar-refractivity contribution in [2.75, 3.05) is 18.0 Å². The van der Waals surface area contributed by atoms with Crippen molar-refractivity contribution < 1.29 is 22.7 Å². The van der Waals surface area contributed by atoms with Gasteiger partial charge in [0, 0.05) is 12.1 Å². The predicted molar refractivity (Wildman–Crippen MR) is 158 cm³/mol. The summed E-state index contributed by atoms with van der Waals surface area (Å²) in [6.07, 6.45) is 0. The van der Waals surface area contributed by atoms with Gasteiger partial charge in [0.05, 0.1) is 17.7 Å². The average Bonchev–Trinajstić information content (AvgIpc) is 2.89. The van der Waals surface area contributed by atoms with E-state index in [1.165, 1.54) is 17.0 Å². The molecule has 0 aliphatic carbocycles. The zero-order chi connectivity index (χ0) is 29.7. The number of sulfonamides is 1. The number of nitrogens with one attached hydrogen (secondary N) is 1. The lowest BCUT2D eigenvalue weighted by Crippen LogP contribution is -2.54. The lowest BCUT2D eigenvalue weighted by molar-refractivity contribution is -0.140. The number of amides is 2. The van der Waals surface area contributed by atoms with Crippen LogP contribution in [-0.2, 0) is 26.2 Å². The zero-order valence-corrected chi connectivity index (χ0v) is 25.1. The smallest absolute Gasteiger partial charge is 0.264 e. The van der Waals surface area contributed by atoms with E-state index in [2.05, 4.69) is 5.32 Å². The number of para-hydroxylation sites is 1. The molecule has 0 radical (unpaired) electrons. The Morgan fingerprint density at radius 1 is 0.950 bits per heavy atom. The number of carbonyl (C=O) groups excluding carboxylic acids is 2. The monoisotopic (exact) mass is 565 g/mol. The van der Waals surface area contributed by atoms with Gasteiger partial charge in [-0.05, 0) is 83.0 Å². The van der Waals surface area contributed by atoms with Crippen molar-refractivity contribution in [2.24, 2.45) is 0 Å². The lowest BCUT2D eigenvalue weighted by atomic mass is 10.1. The van der Waals surface area contributed by atoms with E-state index in [0.29, 0.717) is 17.0 Å². The van der Waals surface area contributed by atoms with Crippen LogP contribution in [0.4, 0.5) is 5.69 Å². The molecule has 3 aromatic carbocycles. The zero-order valence-electron chi connectivity index (χ0n) is 24.3. The van der Waals surface area contributed by atoms with Crippen molar-refractivity contribution in [1.29, 1.82) is 0 Å². The first-order valence-corrected chi connectivity index (χ1v) is 14.6. The molecule has 0 aromatic heterocycles. The van der Waals surface area contributed by atoms with Crippen molar-refractivity contribution in [3.63, 3.8) is 0 Å². The summed E-state index contributed by atoms with van der Waals surface area (Å²) < 4.78 is 34.4. The molecule has 0 aliphatic heterocycles. The first kappa shape index (κ1) is 30.7. The summed E-state index contributed by atoms with van der Waals surface area (Å²) >= 11 is 0. The topological polar surface area (TPSA) is 96.0 Å².